The number of allylic oxidation sites excluding steroid dienone is 2. The van der Waals surface area contributed by atoms with Crippen LogP contribution in [-0.2, 0) is 9.53 Å². The van der Waals surface area contributed by atoms with Crippen LogP contribution in [0.3, 0.4) is 0 Å². The lowest BCUT2D eigenvalue weighted by atomic mass is 9.93. The van der Waals surface area contributed by atoms with Crippen molar-refractivity contribution in [3.63, 3.8) is 0 Å². The Hall–Kier alpha value is -1.17. The summed E-state index contributed by atoms with van der Waals surface area (Å²) < 4.78 is 5.60. The highest BCUT2D eigenvalue weighted by molar-refractivity contribution is 7.07. The Morgan fingerprint density at radius 1 is 1.55 bits per heavy atom. The monoisotopic (exact) mass is 295 g/mol. The van der Waals surface area contributed by atoms with Crippen LogP contribution >= 0.6 is 11.3 Å². The van der Waals surface area contributed by atoms with Crippen molar-refractivity contribution in [2.75, 3.05) is 19.8 Å². The molecule has 2 unspecified atom stereocenters. The zero-order chi connectivity index (χ0) is 14.2. The van der Waals surface area contributed by atoms with Crippen molar-refractivity contribution in [2.24, 2.45) is 5.92 Å². The van der Waals surface area contributed by atoms with Gasteiger partial charge in [0.2, 0.25) is 5.91 Å². The van der Waals surface area contributed by atoms with E-state index < -0.39 is 0 Å². The topological polar surface area (TPSA) is 58.6 Å². The Labute approximate surface area is 123 Å². The zero-order valence-electron chi connectivity index (χ0n) is 11.5. The molecule has 1 aliphatic rings. The predicted molar refractivity (Wildman–Crippen MR) is 79.6 cm³/mol. The first kappa shape index (κ1) is 15.2. The average molecular weight is 295 g/mol. The van der Waals surface area contributed by atoms with Crippen LogP contribution in [0.1, 0.15) is 30.9 Å². The number of carbonyl (C=O) groups excluding carboxylic acids is 1. The fourth-order valence-electron chi connectivity index (χ4n) is 2.30. The highest BCUT2D eigenvalue weighted by Gasteiger charge is 2.20. The first-order valence-electron chi connectivity index (χ1n) is 6.98. The second-order valence-corrected chi connectivity index (χ2v) is 5.65. The third-order valence-electron chi connectivity index (χ3n) is 3.43. The van der Waals surface area contributed by atoms with Crippen LogP contribution in [0.4, 0.5) is 0 Å². The number of thiophene rings is 1. The van der Waals surface area contributed by atoms with Crippen molar-refractivity contribution in [3.05, 3.63) is 34.5 Å². The maximum absolute atomic E-state index is 12.1. The van der Waals surface area contributed by atoms with E-state index in [9.17, 15) is 4.79 Å². The van der Waals surface area contributed by atoms with Gasteiger partial charge in [-0.05, 0) is 41.7 Å². The average Bonchev–Trinajstić information content (AvgIpc) is 3.02. The lowest BCUT2D eigenvalue weighted by Gasteiger charge is -2.21. The van der Waals surface area contributed by atoms with Gasteiger partial charge in [-0.2, -0.15) is 11.3 Å². The molecule has 5 heteroatoms. The smallest absolute Gasteiger partial charge is 0.223 e. The molecule has 1 heterocycles. The fourth-order valence-corrected chi connectivity index (χ4v) is 3.00. The lowest BCUT2D eigenvalue weighted by molar-refractivity contribution is -0.126. The van der Waals surface area contributed by atoms with Crippen LogP contribution < -0.4 is 5.32 Å². The summed E-state index contributed by atoms with van der Waals surface area (Å²) in [6.45, 7) is 0.723. The Morgan fingerprint density at radius 2 is 2.45 bits per heavy atom. The number of nitrogens with one attached hydrogen (secondary N) is 1. The molecule has 1 amide bonds. The highest BCUT2D eigenvalue weighted by Crippen LogP contribution is 2.21. The number of hydrogen-bond acceptors (Lipinski definition) is 4. The number of hydrogen-bond donors (Lipinski definition) is 2. The van der Waals surface area contributed by atoms with Gasteiger partial charge in [0, 0.05) is 12.5 Å². The number of aliphatic hydroxyl groups is 1. The molecule has 0 aliphatic heterocycles. The molecule has 2 N–H and O–H groups in total. The van der Waals surface area contributed by atoms with Gasteiger partial charge in [0.25, 0.3) is 0 Å². The summed E-state index contributed by atoms with van der Waals surface area (Å²) in [5, 5.41) is 15.8. The van der Waals surface area contributed by atoms with E-state index >= 15 is 0 Å². The van der Waals surface area contributed by atoms with E-state index in [0.717, 1.165) is 24.8 Å². The zero-order valence-corrected chi connectivity index (χ0v) is 12.3. The summed E-state index contributed by atoms with van der Waals surface area (Å²) in [7, 11) is 0. The minimum Gasteiger partial charge on any atom is -0.394 e. The molecule has 1 aliphatic carbocycles. The Kier molecular flexibility index (Phi) is 6.24. The van der Waals surface area contributed by atoms with Crippen LogP contribution in [-0.4, -0.2) is 30.8 Å². The van der Waals surface area contributed by atoms with Gasteiger partial charge in [-0.1, -0.05) is 12.2 Å². The van der Waals surface area contributed by atoms with Crippen molar-refractivity contribution in [2.45, 2.75) is 25.4 Å². The number of carbonyl (C=O) groups is 1. The summed E-state index contributed by atoms with van der Waals surface area (Å²) in [6.07, 6.45) is 6.74. The number of ether oxygens (including phenoxy) is 1. The van der Waals surface area contributed by atoms with Crippen molar-refractivity contribution in [1.29, 1.82) is 0 Å². The van der Waals surface area contributed by atoms with Gasteiger partial charge in [-0.15, -0.1) is 0 Å². The maximum Gasteiger partial charge on any atom is 0.223 e. The van der Waals surface area contributed by atoms with Crippen LogP contribution in [0.25, 0.3) is 0 Å². The molecule has 2 atom stereocenters. The second kappa shape index (κ2) is 8.19. The minimum atomic E-state index is -0.184. The van der Waals surface area contributed by atoms with Gasteiger partial charge >= 0.3 is 0 Å². The Bertz CT molecular complexity index is 430. The molecular weight excluding hydrogens is 274 g/mol. The molecule has 0 saturated carbocycles. The van der Waals surface area contributed by atoms with Crippen LogP contribution in [0.2, 0.25) is 0 Å². The molecule has 1 aromatic rings. The van der Waals surface area contributed by atoms with E-state index in [1.54, 1.807) is 11.3 Å². The van der Waals surface area contributed by atoms with Crippen LogP contribution in [0.5, 0.6) is 0 Å². The van der Waals surface area contributed by atoms with E-state index in [-0.39, 0.29) is 31.1 Å². The molecule has 1 aromatic heterocycles. The van der Waals surface area contributed by atoms with E-state index in [1.165, 1.54) is 0 Å². The largest absolute Gasteiger partial charge is 0.394 e. The number of aliphatic hydroxyl groups excluding tert-OH is 1. The molecule has 0 spiro atoms. The third-order valence-corrected chi connectivity index (χ3v) is 4.13. The first-order valence-corrected chi connectivity index (χ1v) is 7.93. The summed E-state index contributed by atoms with van der Waals surface area (Å²) in [4.78, 5) is 12.1. The van der Waals surface area contributed by atoms with Crippen molar-refractivity contribution < 1.29 is 14.6 Å². The van der Waals surface area contributed by atoms with Crippen LogP contribution in [0, 0.1) is 5.92 Å². The van der Waals surface area contributed by atoms with Gasteiger partial charge in [-0.3, -0.25) is 4.79 Å². The molecule has 0 aromatic carbocycles. The third kappa shape index (κ3) is 4.44. The summed E-state index contributed by atoms with van der Waals surface area (Å²) in [5.41, 5.74) is 1.05. The maximum atomic E-state index is 12.1. The van der Waals surface area contributed by atoms with Gasteiger partial charge in [0.05, 0.1) is 13.2 Å². The number of amides is 1. The predicted octanol–water partition coefficient (Wildman–Crippen LogP) is 2.27. The fraction of sp³-hybridized carbons (Fsp3) is 0.533. The van der Waals surface area contributed by atoms with E-state index in [0.29, 0.717) is 6.54 Å². The van der Waals surface area contributed by atoms with Crippen molar-refractivity contribution in [1.82, 2.24) is 5.32 Å². The molecule has 4 nitrogen and oxygen atoms in total. The normalized spacial score (nSPS) is 19.8. The van der Waals surface area contributed by atoms with Gasteiger partial charge in [0.1, 0.15) is 6.10 Å². The van der Waals surface area contributed by atoms with Crippen LogP contribution in [0.15, 0.2) is 29.0 Å². The van der Waals surface area contributed by atoms with E-state index in [1.807, 2.05) is 16.8 Å². The van der Waals surface area contributed by atoms with E-state index in [4.69, 9.17) is 9.84 Å². The van der Waals surface area contributed by atoms with Gasteiger partial charge in [-0.25, -0.2) is 0 Å². The molecule has 0 radical (unpaired) electrons. The molecule has 110 valence electrons. The molecule has 20 heavy (non-hydrogen) atoms. The SMILES string of the molecule is O=C(NCC(OCCO)c1ccsc1)C1CC=CCC1. The van der Waals surface area contributed by atoms with Crippen molar-refractivity contribution >= 4 is 17.2 Å². The standard InChI is InChI=1S/C15H21NO3S/c17-7-8-19-14(13-6-9-20-11-13)10-16-15(18)12-4-2-1-3-5-12/h1-2,6,9,11-12,14,17H,3-5,7-8,10H2,(H,16,18). The molecule has 0 saturated heterocycles. The second-order valence-electron chi connectivity index (χ2n) is 4.87. The molecule has 0 bridgehead atoms. The molecular formula is C15H21NO3S. The van der Waals surface area contributed by atoms with Gasteiger partial charge in [0.15, 0.2) is 0 Å². The summed E-state index contributed by atoms with van der Waals surface area (Å²) >= 11 is 1.60. The first-order chi connectivity index (χ1) is 9.81. The highest BCUT2D eigenvalue weighted by atomic mass is 32.1. The molecule has 2 rings (SSSR count). The summed E-state index contributed by atoms with van der Waals surface area (Å²) in [6, 6.07) is 1.99. The summed E-state index contributed by atoms with van der Waals surface area (Å²) in [5.74, 6) is 0.183. The number of rotatable bonds is 7. The Morgan fingerprint density at radius 3 is 3.10 bits per heavy atom. The minimum absolute atomic E-state index is 0.0119. The van der Waals surface area contributed by atoms with E-state index in [2.05, 4.69) is 17.5 Å². The lowest BCUT2D eigenvalue weighted by Crippen LogP contribution is -2.35. The quantitative estimate of drug-likeness (QED) is 0.759. The van der Waals surface area contributed by atoms with Crippen molar-refractivity contribution in [3.8, 4) is 0 Å². The van der Waals surface area contributed by atoms with Gasteiger partial charge < -0.3 is 15.2 Å². The Balaban J connectivity index is 1.84. The molecule has 0 fully saturated rings.